The first kappa shape index (κ1) is 7.66. The molecule has 0 aliphatic rings. The first-order valence-corrected chi connectivity index (χ1v) is 2.83. The molecule has 2 heteroatoms. The molecule has 0 saturated heterocycles. The zero-order valence-electron chi connectivity index (χ0n) is 5.57. The molecule has 1 atom stereocenters. The SMILES string of the molecule is C=C(C)C(CC)NN. The fourth-order valence-electron chi connectivity index (χ4n) is 0.609. The number of nitrogens with one attached hydrogen (secondary N) is 1. The van der Waals surface area contributed by atoms with Crippen molar-refractivity contribution in [1.82, 2.24) is 5.43 Å². The molecule has 0 fully saturated rings. The number of nitrogens with two attached hydrogens (primary N) is 1. The van der Waals surface area contributed by atoms with Gasteiger partial charge in [-0.25, -0.2) is 0 Å². The van der Waals surface area contributed by atoms with Crippen LogP contribution in [0.4, 0.5) is 0 Å². The lowest BCUT2D eigenvalue weighted by Gasteiger charge is -2.11. The molecule has 0 aliphatic heterocycles. The van der Waals surface area contributed by atoms with E-state index in [9.17, 15) is 0 Å². The van der Waals surface area contributed by atoms with Gasteiger partial charge in [0.15, 0.2) is 0 Å². The fourth-order valence-corrected chi connectivity index (χ4v) is 0.609. The molecule has 0 aromatic heterocycles. The molecule has 0 aromatic carbocycles. The molecule has 0 saturated carbocycles. The molecule has 0 bridgehead atoms. The van der Waals surface area contributed by atoms with E-state index in [1.54, 1.807) is 0 Å². The minimum absolute atomic E-state index is 0.287. The van der Waals surface area contributed by atoms with Crippen molar-refractivity contribution in [2.45, 2.75) is 26.3 Å². The van der Waals surface area contributed by atoms with E-state index in [-0.39, 0.29) is 6.04 Å². The molecular weight excluding hydrogens is 100 g/mol. The molecular formula is C6H14N2. The van der Waals surface area contributed by atoms with Gasteiger partial charge in [-0.1, -0.05) is 19.1 Å². The van der Waals surface area contributed by atoms with Gasteiger partial charge in [-0.3, -0.25) is 11.3 Å². The highest BCUT2D eigenvalue weighted by molar-refractivity contribution is 4.99. The monoisotopic (exact) mass is 114 g/mol. The van der Waals surface area contributed by atoms with E-state index < -0.39 is 0 Å². The number of hydrazine groups is 1. The van der Waals surface area contributed by atoms with Crippen LogP contribution < -0.4 is 11.3 Å². The van der Waals surface area contributed by atoms with E-state index in [1.807, 2.05) is 6.92 Å². The molecule has 2 nitrogen and oxygen atoms in total. The smallest absolute Gasteiger partial charge is 0.0411 e. The first-order chi connectivity index (χ1) is 3.72. The van der Waals surface area contributed by atoms with Crippen molar-refractivity contribution in [3.8, 4) is 0 Å². The van der Waals surface area contributed by atoms with Crippen LogP contribution in [0, 0.1) is 0 Å². The number of hydrogen-bond donors (Lipinski definition) is 2. The summed E-state index contributed by atoms with van der Waals surface area (Å²) in [7, 11) is 0. The Morgan fingerprint density at radius 3 is 2.38 bits per heavy atom. The third-order valence-corrected chi connectivity index (χ3v) is 1.20. The Kier molecular flexibility index (Phi) is 3.48. The molecule has 0 spiro atoms. The fraction of sp³-hybridized carbons (Fsp3) is 0.667. The van der Waals surface area contributed by atoms with Gasteiger partial charge >= 0.3 is 0 Å². The van der Waals surface area contributed by atoms with Crippen LogP contribution in [0.3, 0.4) is 0 Å². The normalized spacial score (nSPS) is 13.4. The maximum absolute atomic E-state index is 5.17. The lowest BCUT2D eigenvalue weighted by Crippen LogP contribution is -2.34. The molecule has 8 heavy (non-hydrogen) atoms. The highest BCUT2D eigenvalue weighted by Crippen LogP contribution is 1.99. The minimum Gasteiger partial charge on any atom is -0.271 e. The Morgan fingerprint density at radius 2 is 2.38 bits per heavy atom. The molecule has 48 valence electrons. The Bertz CT molecular complexity index is 74.6. The molecule has 0 radical (unpaired) electrons. The summed E-state index contributed by atoms with van der Waals surface area (Å²) in [5.74, 6) is 5.17. The minimum atomic E-state index is 0.287. The van der Waals surface area contributed by atoms with Gasteiger partial charge < -0.3 is 0 Å². The summed E-state index contributed by atoms with van der Waals surface area (Å²) in [6.07, 6.45) is 1.01. The van der Waals surface area contributed by atoms with Crippen LogP contribution in [0.1, 0.15) is 20.3 Å². The second-order valence-corrected chi connectivity index (χ2v) is 1.97. The molecule has 0 aliphatic carbocycles. The highest BCUT2D eigenvalue weighted by atomic mass is 15.2. The van der Waals surface area contributed by atoms with E-state index in [0.29, 0.717) is 0 Å². The summed E-state index contributed by atoms with van der Waals surface area (Å²) >= 11 is 0. The average molecular weight is 114 g/mol. The molecule has 0 amide bonds. The van der Waals surface area contributed by atoms with Crippen molar-refractivity contribution < 1.29 is 0 Å². The summed E-state index contributed by atoms with van der Waals surface area (Å²) < 4.78 is 0. The molecule has 0 aromatic rings. The maximum Gasteiger partial charge on any atom is 0.0411 e. The van der Waals surface area contributed by atoms with Crippen LogP contribution in [0.15, 0.2) is 12.2 Å². The number of hydrogen-bond acceptors (Lipinski definition) is 2. The van der Waals surface area contributed by atoms with Gasteiger partial charge in [0.05, 0.1) is 0 Å². The van der Waals surface area contributed by atoms with Crippen molar-refractivity contribution in [2.24, 2.45) is 5.84 Å². The first-order valence-electron chi connectivity index (χ1n) is 2.83. The van der Waals surface area contributed by atoms with Gasteiger partial charge in [-0.2, -0.15) is 0 Å². The Morgan fingerprint density at radius 1 is 1.88 bits per heavy atom. The summed E-state index contributed by atoms with van der Waals surface area (Å²) in [6, 6.07) is 0.287. The van der Waals surface area contributed by atoms with Crippen molar-refractivity contribution in [3.63, 3.8) is 0 Å². The highest BCUT2D eigenvalue weighted by Gasteiger charge is 2.00. The number of rotatable bonds is 3. The van der Waals surface area contributed by atoms with Crippen molar-refractivity contribution >= 4 is 0 Å². The lowest BCUT2D eigenvalue weighted by molar-refractivity contribution is 0.578. The second-order valence-electron chi connectivity index (χ2n) is 1.97. The summed E-state index contributed by atoms with van der Waals surface area (Å²) in [6.45, 7) is 7.79. The van der Waals surface area contributed by atoms with Gasteiger partial charge in [0, 0.05) is 6.04 Å². The van der Waals surface area contributed by atoms with Crippen LogP contribution >= 0.6 is 0 Å². The maximum atomic E-state index is 5.17. The van der Waals surface area contributed by atoms with E-state index in [2.05, 4.69) is 18.9 Å². The average Bonchev–Trinajstić information content (AvgIpc) is 1.69. The Hall–Kier alpha value is -0.340. The van der Waals surface area contributed by atoms with Crippen LogP contribution in [0.2, 0.25) is 0 Å². The standard InChI is InChI=1S/C6H14N2/c1-4-6(8-7)5(2)3/h6,8H,2,4,7H2,1,3H3. The van der Waals surface area contributed by atoms with E-state index in [1.165, 1.54) is 0 Å². The Labute approximate surface area is 50.7 Å². The van der Waals surface area contributed by atoms with E-state index in [4.69, 9.17) is 5.84 Å². The van der Waals surface area contributed by atoms with Crippen LogP contribution in [0.5, 0.6) is 0 Å². The summed E-state index contributed by atoms with van der Waals surface area (Å²) in [4.78, 5) is 0. The quantitative estimate of drug-likeness (QED) is 0.323. The third-order valence-electron chi connectivity index (χ3n) is 1.20. The predicted octanol–water partition coefficient (Wildman–Crippen LogP) is 0.804. The van der Waals surface area contributed by atoms with E-state index in [0.717, 1.165) is 12.0 Å². The second kappa shape index (κ2) is 3.64. The van der Waals surface area contributed by atoms with Crippen LogP contribution in [-0.2, 0) is 0 Å². The van der Waals surface area contributed by atoms with Crippen molar-refractivity contribution in [2.75, 3.05) is 0 Å². The summed E-state index contributed by atoms with van der Waals surface area (Å²) in [5, 5.41) is 0. The van der Waals surface area contributed by atoms with Gasteiger partial charge in [0.2, 0.25) is 0 Å². The van der Waals surface area contributed by atoms with Crippen molar-refractivity contribution in [3.05, 3.63) is 12.2 Å². The van der Waals surface area contributed by atoms with Crippen LogP contribution in [-0.4, -0.2) is 6.04 Å². The predicted molar refractivity (Wildman–Crippen MR) is 36.2 cm³/mol. The lowest BCUT2D eigenvalue weighted by atomic mass is 10.1. The molecule has 0 rings (SSSR count). The van der Waals surface area contributed by atoms with Gasteiger partial charge in [-0.15, -0.1) is 0 Å². The molecule has 0 heterocycles. The zero-order valence-corrected chi connectivity index (χ0v) is 5.57. The third kappa shape index (κ3) is 2.09. The summed E-state index contributed by atoms with van der Waals surface area (Å²) in [5.41, 5.74) is 3.74. The molecule has 3 N–H and O–H groups in total. The van der Waals surface area contributed by atoms with Crippen LogP contribution in [0.25, 0.3) is 0 Å². The zero-order chi connectivity index (χ0) is 6.57. The topological polar surface area (TPSA) is 38.0 Å². The largest absolute Gasteiger partial charge is 0.271 e. The Balaban J connectivity index is 3.52. The van der Waals surface area contributed by atoms with Gasteiger partial charge in [0.1, 0.15) is 0 Å². The van der Waals surface area contributed by atoms with Gasteiger partial charge in [0.25, 0.3) is 0 Å². The van der Waals surface area contributed by atoms with E-state index >= 15 is 0 Å². The molecule has 1 unspecified atom stereocenters. The van der Waals surface area contributed by atoms with Gasteiger partial charge in [-0.05, 0) is 13.3 Å². The van der Waals surface area contributed by atoms with Crippen molar-refractivity contribution in [1.29, 1.82) is 0 Å².